The molecule has 0 aliphatic rings. The summed E-state index contributed by atoms with van der Waals surface area (Å²) in [5, 5.41) is 11.5. The summed E-state index contributed by atoms with van der Waals surface area (Å²) < 4.78 is 2.13. The predicted molar refractivity (Wildman–Crippen MR) is 73.7 cm³/mol. The Hall–Kier alpha value is -1.84. The molecule has 0 atom stereocenters. The second-order valence-corrected chi connectivity index (χ2v) is 4.64. The van der Waals surface area contributed by atoms with Crippen molar-refractivity contribution in [3.05, 3.63) is 42.5 Å². The zero-order valence-electron chi connectivity index (χ0n) is 11.0. The highest BCUT2D eigenvalue weighted by molar-refractivity contribution is 5.42. The minimum atomic E-state index is 0.428. The van der Waals surface area contributed by atoms with E-state index in [1.807, 2.05) is 24.5 Å². The van der Waals surface area contributed by atoms with E-state index < -0.39 is 0 Å². The third-order valence-electron chi connectivity index (χ3n) is 2.88. The molecule has 0 spiro atoms. The third kappa shape index (κ3) is 3.32. The molecule has 0 aliphatic heterocycles. The maximum Gasteiger partial charge on any atom is 0.133 e. The normalized spacial score (nSPS) is 10.8. The maximum atomic E-state index is 4.17. The van der Waals surface area contributed by atoms with Crippen LogP contribution in [0.15, 0.2) is 36.7 Å². The molecular weight excluding hydrogens is 224 g/mol. The van der Waals surface area contributed by atoms with E-state index in [1.54, 1.807) is 0 Å². The molecular formula is C14H20N4. The first kappa shape index (κ1) is 12.6. The lowest BCUT2D eigenvalue weighted by molar-refractivity contribution is 0.562. The summed E-state index contributed by atoms with van der Waals surface area (Å²) >= 11 is 0. The van der Waals surface area contributed by atoms with Crippen LogP contribution < -0.4 is 5.32 Å². The van der Waals surface area contributed by atoms with Crippen LogP contribution in [-0.2, 0) is 6.42 Å². The Bertz CT molecular complexity index is 462. The molecule has 4 nitrogen and oxygen atoms in total. The van der Waals surface area contributed by atoms with Gasteiger partial charge in [0.1, 0.15) is 12.2 Å². The molecule has 0 bridgehead atoms. The summed E-state index contributed by atoms with van der Waals surface area (Å²) in [6, 6.07) is 10.7. The van der Waals surface area contributed by atoms with E-state index in [9.17, 15) is 0 Å². The molecule has 0 saturated heterocycles. The van der Waals surface area contributed by atoms with E-state index in [0.29, 0.717) is 6.04 Å². The van der Waals surface area contributed by atoms with Crippen LogP contribution in [0, 0.1) is 0 Å². The maximum absolute atomic E-state index is 4.17. The lowest BCUT2D eigenvalue weighted by Crippen LogP contribution is -2.08. The SMILES string of the molecule is CC(C)n1cnnc1CCCNc1ccccc1. The fourth-order valence-electron chi connectivity index (χ4n) is 1.91. The summed E-state index contributed by atoms with van der Waals surface area (Å²) in [4.78, 5) is 0. The Kier molecular flexibility index (Phi) is 4.34. The summed E-state index contributed by atoms with van der Waals surface area (Å²) in [5.74, 6) is 1.07. The Labute approximate surface area is 108 Å². The van der Waals surface area contributed by atoms with E-state index in [1.165, 1.54) is 5.69 Å². The number of aromatic nitrogens is 3. The van der Waals surface area contributed by atoms with Crippen LogP contribution in [0.4, 0.5) is 5.69 Å². The Balaban J connectivity index is 1.77. The lowest BCUT2D eigenvalue weighted by atomic mass is 10.2. The number of benzene rings is 1. The topological polar surface area (TPSA) is 42.7 Å². The summed E-state index contributed by atoms with van der Waals surface area (Å²) in [6.45, 7) is 5.25. The molecule has 0 fully saturated rings. The highest BCUT2D eigenvalue weighted by atomic mass is 15.3. The Morgan fingerprint density at radius 3 is 2.72 bits per heavy atom. The van der Waals surface area contributed by atoms with E-state index in [4.69, 9.17) is 0 Å². The van der Waals surface area contributed by atoms with Gasteiger partial charge in [-0.2, -0.15) is 0 Å². The fraction of sp³-hybridized carbons (Fsp3) is 0.429. The smallest absolute Gasteiger partial charge is 0.133 e. The molecule has 4 heteroatoms. The summed E-state index contributed by atoms with van der Waals surface area (Å²) in [6.07, 6.45) is 3.82. The second-order valence-electron chi connectivity index (χ2n) is 4.64. The standard InChI is InChI=1S/C14H20N4/c1-12(2)18-11-16-17-14(18)9-6-10-15-13-7-4-3-5-8-13/h3-5,7-8,11-12,15H,6,9-10H2,1-2H3. The summed E-state index contributed by atoms with van der Waals surface area (Å²) in [5.41, 5.74) is 1.17. The van der Waals surface area contributed by atoms with Crippen molar-refractivity contribution < 1.29 is 0 Å². The van der Waals surface area contributed by atoms with Crippen LogP contribution in [0.3, 0.4) is 0 Å². The quantitative estimate of drug-likeness (QED) is 0.794. The van der Waals surface area contributed by atoms with Crippen molar-refractivity contribution in [2.24, 2.45) is 0 Å². The molecule has 0 unspecified atom stereocenters. The van der Waals surface area contributed by atoms with E-state index in [2.05, 4.69) is 46.1 Å². The number of hydrogen-bond donors (Lipinski definition) is 1. The Morgan fingerprint density at radius 2 is 2.00 bits per heavy atom. The number of rotatable bonds is 6. The molecule has 1 aromatic heterocycles. The lowest BCUT2D eigenvalue weighted by Gasteiger charge is -2.10. The van der Waals surface area contributed by atoms with Gasteiger partial charge in [0.2, 0.25) is 0 Å². The largest absolute Gasteiger partial charge is 0.385 e. The fourth-order valence-corrected chi connectivity index (χ4v) is 1.91. The molecule has 0 aliphatic carbocycles. The summed E-state index contributed by atoms with van der Waals surface area (Å²) in [7, 11) is 0. The van der Waals surface area contributed by atoms with Gasteiger partial charge in [0.05, 0.1) is 0 Å². The van der Waals surface area contributed by atoms with Gasteiger partial charge in [0.15, 0.2) is 0 Å². The highest BCUT2D eigenvalue weighted by Crippen LogP contribution is 2.09. The predicted octanol–water partition coefficient (Wildman–Crippen LogP) is 2.90. The highest BCUT2D eigenvalue weighted by Gasteiger charge is 2.06. The van der Waals surface area contributed by atoms with Gasteiger partial charge in [-0.25, -0.2) is 0 Å². The molecule has 1 aromatic carbocycles. The number of para-hydroxylation sites is 1. The van der Waals surface area contributed by atoms with E-state index >= 15 is 0 Å². The molecule has 0 amide bonds. The van der Waals surface area contributed by atoms with Gasteiger partial charge >= 0.3 is 0 Å². The van der Waals surface area contributed by atoms with Gasteiger partial charge in [0.25, 0.3) is 0 Å². The first-order chi connectivity index (χ1) is 8.77. The average molecular weight is 244 g/mol. The molecule has 96 valence electrons. The number of aryl methyl sites for hydroxylation is 1. The minimum absolute atomic E-state index is 0.428. The van der Waals surface area contributed by atoms with Gasteiger partial charge < -0.3 is 9.88 Å². The third-order valence-corrected chi connectivity index (χ3v) is 2.88. The zero-order chi connectivity index (χ0) is 12.8. The van der Waals surface area contributed by atoms with Crippen molar-refractivity contribution in [1.82, 2.24) is 14.8 Å². The second kappa shape index (κ2) is 6.19. The monoisotopic (exact) mass is 244 g/mol. The van der Waals surface area contributed by atoms with Crippen molar-refractivity contribution >= 4 is 5.69 Å². The van der Waals surface area contributed by atoms with Gasteiger partial charge in [-0.1, -0.05) is 18.2 Å². The van der Waals surface area contributed by atoms with Crippen LogP contribution in [-0.4, -0.2) is 21.3 Å². The zero-order valence-corrected chi connectivity index (χ0v) is 11.0. The first-order valence-corrected chi connectivity index (χ1v) is 6.44. The molecule has 2 rings (SSSR count). The Morgan fingerprint density at radius 1 is 1.22 bits per heavy atom. The van der Waals surface area contributed by atoms with Crippen LogP contribution >= 0.6 is 0 Å². The van der Waals surface area contributed by atoms with Crippen LogP contribution in [0.5, 0.6) is 0 Å². The van der Waals surface area contributed by atoms with Gasteiger partial charge in [0, 0.05) is 24.7 Å². The van der Waals surface area contributed by atoms with Crippen LogP contribution in [0.2, 0.25) is 0 Å². The number of anilines is 1. The van der Waals surface area contributed by atoms with E-state index in [-0.39, 0.29) is 0 Å². The van der Waals surface area contributed by atoms with Crippen molar-refractivity contribution in [3.8, 4) is 0 Å². The molecule has 18 heavy (non-hydrogen) atoms. The molecule has 2 aromatic rings. The van der Waals surface area contributed by atoms with Crippen molar-refractivity contribution in [2.45, 2.75) is 32.7 Å². The van der Waals surface area contributed by atoms with E-state index in [0.717, 1.165) is 25.2 Å². The number of hydrogen-bond acceptors (Lipinski definition) is 3. The number of nitrogens with one attached hydrogen (secondary N) is 1. The van der Waals surface area contributed by atoms with Gasteiger partial charge in [-0.3, -0.25) is 0 Å². The molecule has 0 saturated carbocycles. The van der Waals surface area contributed by atoms with Crippen molar-refractivity contribution in [3.63, 3.8) is 0 Å². The van der Waals surface area contributed by atoms with Crippen LogP contribution in [0.1, 0.15) is 32.1 Å². The average Bonchev–Trinajstić information content (AvgIpc) is 2.84. The molecule has 0 radical (unpaired) electrons. The minimum Gasteiger partial charge on any atom is -0.385 e. The van der Waals surface area contributed by atoms with Crippen molar-refractivity contribution in [2.75, 3.05) is 11.9 Å². The van der Waals surface area contributed by atoms with Gasteiger partial charge in [-0.15, -0.1) is 10.2 Å². The van der Waals surface area contributed by atoms with Crippen molar-refractivity contribution in [1.29, 1.82) is 0 Å². The molecule has 1 heterocycles. The van der Waals surface area contributed by atoms with Crippen LogP contribution in [0.25, 0.3) is 0 Å². The van der Waals surface area contributed by atoms with Gasteiger partial charge in [-0.05, 0) is 32.4 Å². The first-order valence-electron chi connectivity index (χ1n) is 6.44. The number of nitrogens with zero attached hydrogens (tertiary/aromatic N) is 3. The molecule has 1 N–H and O–H groups in total.